The molecule has 0 bridgehead atoms. The Labute approximate surface area is 161 Å². The van der Waals surface area contributed by atoms with Crippen molar-refractivity contribution in [3.63, 3.8) is 0 Å². The molecule has 0 N–H and O–H groups in total. The lowest BCUT2D eigenvalue weighted by Gasteiger charge is -2.14. The van der Waals surface area contributed by atoms with Crippen LogP contribution in [0.25, 0.3) is 33.8 Å². The summed E-state index contributed by atoms with van der Waals surface area (Å²) in [7, 11) is 0. The zero-order valence-electron chi connectivity index (χ0n) is 14.3. The minimum atomic E-state index is 1.09. The highest BCUT2D eigenvalue weighted by atomic mass is 79.9. The molecule has 126 valence electrons. The predicted octanol–water partition coefficient (Wildman–Crippen LogP) is 7.02. The molecule has 0 aliphatic heterocycles. The lowest BCUT2D eigenvalue weighted by atomic mass is 10.0. The Kier molecular flexibility index (Phi) is 3.79. The van der Waals surface area contributed by atoms with E-state index in [1.165, 1.54) is 39.0 Å². The van der Waals surface area contributed by atoms with Crippen LogP contribution in [0.4, 0.5) is 0 Å². The van der Waals surface area contributed by atoms with Gasteiger partial charge in [-0.15, -0.1) is 0 Å². The number of allylic oxidation sites excluding steroid dienone is 1. The first-order chi connectivity index (χ1) is 12.8. The molecule has 0 radical (unpaired) electrons. The minimum Gasteiger partial charge on any atom is -0.313 e. The van der Waals surface area contributed by atoms with E-state index in [4.69, 9.17) is 0 Å². The van der Waals surface area contributed by atoms with E-state index in [0.717, 1.165) is 17.3 Å². The van der Waals surface area contributed by atoms with Gasteiger partial charge in [0, 0.05) is 26.8 Å². The van der Waals surface area contributed by atoms with Crippen LogP contribution in [0.15, 0.2) is 83.3 Å². The van der Waals surface area contributed by atoms with Crippen LogP contribution in [0.5, 0.6) is 0 Å². The van der Waals surface area contributed by atoms with E-state index in [1.807, 2.05) is 0 Å². The standard InChI is InChI=1S/C24H18BrN/c25-19-13-9-17(10-14-19)18-11-15-20(16-12-18)26-23-7-3-1-5-21(23)22-6-2-4-8-24(22)26/h1-3,5-7,9-16H,4,8H2. The lowest BCUT2D eigenvalue weighted by Crippen LogP contribution is -2.02. The first-order valence-electron chi connectivity index (χ1n) is 8.96. The van der Waals surface area contributed by atoms with Crippen molar-refractivity contribution in [1.82, 2.24) is 4.57 Å². The molecule has 0 unspecified atom stereocenters. The molecular formula is C24H18BrN. The summed E-state index contributed by atoms with van der Waals surface area (Å²) in [6.07, 6.45) is 6.78. The van der Waals surface area contributed by atoms with Crippen LogP contribution in [0.2, 0.25) is 0 Å². The molecule has 0 spiro atoms. The van der Waals surface area contributed by atoms with Crippen LogP contribution in [0.1, 0.15) is 17.7 Å². The van der Waals surface area contributed by atoms with Gasteiger partial charge in [-0.2, -0.15) is 0 Å². The lowest BCUT2D eigenvalue weighted by molar-refractivity contribution is 0.888. The monoisotopic (exact) mass is 399 g/mol. The molecule has 0 atom stereocenters. The van der Waals surface area contributed by atoms with E-state index < -0.39 is 0 Å². The van der Waals surface area contributed by atoms with Crippen molar-refractivity contribution in [2.45, 2.75) is 12.8 Å². The summed E-state index contributed by atoms with van der Waals surface area (Å²) in [5, 5.41) is 1.34. The Hall–Kier alpha value is -2.58. The van der Waals surface area contributed by atoms with Gasteiger partial charge in [0.05, 0.1) is 5.52 Å². The van der Waals surface area contributed by atoms with Gasteiger partial charge >= 0.3 is 0 Å². The van der Waals surface area contributed by atoms with Crippen molar-refractivity contribution < 1.29 is 0 Å². The molecule has 0 saturated carbocycles. The summed E-state index contributed by atoms with van der Waals surface area (Å²) in [5.41, 5.74) is 7.81. The van der Waals surface area contributed by atoms with Gasteiger partial charge < -0.3 is 4.57 Å². The maximum Gasteiger partial charge on any atom is 0.0537 e. The van der Waals surface area contributed by atoms with Crippen molar-refractivity contribution >= 4 is 32.9 Å². The summed E-state index contributed by atoms with van der Waals surface area (Å²) in [4.78, 5) is 0. The third-order valence-corrected chi connectivity index (χ3v) is 5.68. The van der Waals surface area contributed by atoms with Gasteiger partial charge in [-0.1, -0.05) is 70.5 Å². The molecule has 2 heteroatoms. The first-order valence-corrected chi connectivity index (χ1v) is 9.76. The molecule has 1 nitrogen and oxygen atoms in total. The zero-order valence-corrected chi connectivity index (χ0v) is 15.9. The smallest absolute Gasteiger partial charge is 0.0537 e. The highest BCUT2D eigenvalue weighted by Crippen LogP contribution is 2.34. The summed E-state index contributed by atoms with van der Waals surface area (Å²) in [5.74, 6) is 0. The maximum atomic E-state index is 3.50. The number of para-hydroxylation sites is 1. The molecule has 0 amide bonds. The Morgan fingerprint density at radius 1 is 0.769 bits per heavy atom. The predicted molar refractivity (Wildman–Crippen MR) is 114 cm³/mol. The van der Waals surface area contributed by atoms with E-state index in [-0.39, 0.29) is 0 Å². The molecule has 1 aliphatic carbocycles. The van der Waals surface area contributed by atoms with Crippen LogP contribution in [-0.2, 0) is 6.42 Å². The van der Waals surface area contributed by atoms with Crippen LogP contribution >= 0.6 is 15.9 Å². The number of rotatable bonds is 2. The van der Waals surface area contributed by atoms with Crippen molar-refractivity contribution in [1.29, 1.82) is 0 Å². The molecule has 4 aromatic rings. The Bertz CT molecular complexity index is 1120. The molecule has 1 aliphatic rings. The van der Waals surface area contributed by atoms with Crippen LogP contribution in [0, 0.1) is 0 Å². The number of hydrogen-bond donors (Lipinski definition) is 0. The molecule has 0 saturated heterocycles. The van der Waals surface area contributed by atoms with E-state index in [1.54, 1.807) is 0 Å². The fraction of sp³-hybridized carbons (Fsp3) is 0.0833. The van der Waals surface area contributed by atoms with E-state index >= 15 is 0 Å². The third kappa shape index (κ3) is 2.53. The van der Waals surface area contributed by atoms with Crippen molar-refractivity contribution in [2.24, 2.45) is 0 Å². The van der Waals surface area contributed by atoms with Gasteiger partial charge in [0.25, 0.3) is 0 Å². The topological polar surface area (TPSA) is 4.93 Å². The SMILES string of the molecule is Brc1ccc(-c2ccc(-n3c4c(c5ccccc53)C=CCC4)cc2)cc1. The third-order valence-electron chi connectivity index (χ3n) is 5.15. The zero-order chi connectivity index (χ0) is 17.5. The van der Waals surface area contributed by atoms with Gasteiger partial charge in [-0.3, -0.25) is 0 Å². The summed E-state index contributed by atoms with van der Waals surface area (Å²) in [6, 6.07) is 26.1. The Balaban J connectivity index is 1.65. The van der Waals surface area contributed by atoms with Gasteiger partial charge in [0.1, 0.15) is 0 Å². The summed E-state index contributed by atoms with van der Waals surface area (Å²) >= 11 is 3.50. The number of aromatic nitrogens is 1. The van der Waals surface area contributed by atoms with Crippen LogP contribution in [0.3, 0.4) is 0 Å². The second kappa shape index (κ2) is 6.30. The van der Waals surface area contributed by atoms with Crippen LogP contribution < -0.4 is 0 Å². The number of halogens is 1. The second-order valence-corrected chi connectivity index (χ2v) is 7.62. The fourth-order valence-corrected chi connectivity index (χ4v) is 4.18. The molecule has 1 aromatic heterocycles. The van der Waals surface area contributed by atoms with Crippen LogP contribution in [-0.4, -0.2) is 4.57 Å². The molecule has 0 fully saturated rings. The molecule has 5 rings (SSSR count). The number of nitrogens with zero attached hydrogens (tertiary/aromatic N) is 1. The van der Waals surface area contributed by atoms with Gasteiger partial charge in [-0.05, 0) is 54.3 Å². The Morgan fingerprint density at radius 3 is 2.23 bits per heavy atom. The maximum absolute atomic E-state index is 3.50. The molecule has 1 heterocycles. The molecular weight excluding hydrogens is 382 g/mol. The molecule has 3 aromatic carbocycles. The summed E-state index contributed by atoms with van der Waals surface area (Å²) in [6.45, 7) is 0. The van der Waals surface area contributed by atoms with Gasteiger partial charge in [0.15, 0.2) is 0 Å². The Morgan fingerprint density at radius 2 is 1.46 bits per heavy atom. The quantitative estimate of drug-likeness (QED) is 0.341. The van der Waals surface area contributed by atoms with Gasteiger partial charge in [0.2, 0.25) is 0 Å². The van der Waals surface area contributed by atoms with Gasteiger partial charge in [-0.25, -0.2) is 0 Å². The summed E-state index contributed by atoms with van der Waals surface area (Å²) < 4.78 is 3.54. The largest absolute Gasteiger partial charge is 0.313 e. The second-order valence-electron chi connectivity index (χ2n) is 6.71. The molecule has 26 heavy (non-hydrogen) atoms. The minimum absolute atomic E-state index is 1.09. The van der Waals surface area contributed by atoms with Crippen molar-refractivity contribution in [2.75, 3.05) is 0 Å². The fourth-order valence-electron chi connectivity index (χ4n) is 3.91. The number of hydrogen-bond acceptors (Lipinski definition) is 0. The normalized spacial score (nSPS) is 13.1. The number of benzene rings is 3. The van der Waals surface area contributed by atoms with E-state index in [0.29, 0.717) is 0 Å². The average molecular weight is 400 g/mol. The highest BCUT2D eigenvalue weighted by Gasteiger charge is 2.17. The van der Waals surface area contributed by atoms with Crippen molar-refractivity contribution in [3.05, 3.63) is 94.6 Å². The van der Waals surface area contributed by atoms with E-state index in [2.05, 4.69) is 105 Å². The van der Waals surface area contributed by atoms with Crippen molar-refractivity contribution in [3.8, 4) is 16.8 Å². The number of fused-ring (bicyclic) bond motifs is 3. The average Bonchev–Trinajstić information content (AvgIpc) is 3.03. The van der Waals surface area contributed by atoms with E-state index in [9.17, 15) is 0 Å². The first kappa shape index (κ1) is 15.7. The highest BCUT2D eigenvalue weighted by molar-refractivity contribution is 9.10.